The number of aliphatic hydroxyl groups excluding tert-OH is 1. The van der Waals surface area contributed by atoms with E-state index in [2.05, 4.69) is 32.3 Å². The third-order valence-electron chi connectivity index (χ3n) is 2.75. The van der Waals surface area contributed by atoms with Crippen LogP contribution in [0, 0.1) is 11.8 Å². The van der Waals surface area contributed by atoms with Gasteiger partial charge < -0.3 is 15.0 Å². The molecular formula is C14H15N5O2. The fraction of sp³-hybridized carbons (Fsp3) is 0.286. The van der Waals surface area contributed by atoms with Gasteiger partial charge in [0.2, 0.25) is 0 Å². The zero-order chi connectivity index (χ0) is 15.1. The van der Waals surface area contributed by atoms with Crippen LogP contribution in [0.25, 0.3) is 0 Å². The third-order valence-corrected chi connectivity index (χ3v) is 2.75. The molecule has 7 nitrogen and oxygen atoms in total. The summed E-state index contributed by atoms with van der Waals surface area (Å²) in [5.41, 5.74) is 0.974. The highest BCUT2D eigenvalue weighted by atomic mass is 16.2. The van der Waals surface area contributed by atoms with Crippen LogP contribution in [0.15, 0.2) is 24.7 Å². The van der Waals surface area contributed by atoms with E-state index in [1.807, 2.05) is 7.05 Å². The molecule has 2 aromatic heterocycles. The molecule has 0 saturated heterocycles. The summed E-state index contributed by atoms with van der Waals surface area (Å²) in [6.45, 7) is 0.253. The second-order valence-corrected chi connectivity index (χ2v) is 4.26. The van der Waals surface area contributed by atoms with Crippen LogP contribution in [-0.2, 0) is 13.5 Å². The lowest BCUT2D eigenvalue weighted by molar-refractivity contribution is 0.0949. The zero-order valence-corrected chi connectivity index (χ0v) is 11.6. The predicted molar refractivity (Wildman–Crippen MR) is 75.2 cm³/mol. The minimum Gasteiger partial charge on any atom is -0.384 e. The minimum atomic E-state index is -0.251. The number of carbonyl (C=O) groups excluding carboxylic acids is 1. The van der Waals surface area contributed by atoms with Crippen molar-refractivity contribution in [1.29, 1.82) is 0 Å². The van der Waals surface area contributed by atoms with Gasteiger partial charge in [0.15, 0.2) is 0 Å². The Hall–Kier alpha value is -2.72. The van der Waals surface area contributed by atoms with Crippen LogP contribution < -0.4 is 5.32 Å². The summed E-state index contributed by atoms with van der Waals surface area (Å²) in [6.07, 6.45) is 3.72. The lowest BCUT2D eigenvalue weighted by Crippen LogP contribution is -2.27. The van der Waals surface area contributed by atoms with Crippen molar-refractivity contribution in [3.05, 3.63) is 41.7 Å². The van der Waals surface area contributed by atoms with Crippen LogP contribution >= 0.6 is 0 Å². The quantitative estimate of drug-likeness (QED) is 0.741. The molecule has 2 aromatic rings. The lowest BCUT2D eigenvalue weighted by atomic mass is 10.2. The van der Waals surface area contributed by atoms with E-state index in [1.165, 1.54) is 6.20 Å². The number of pyridine rings is 1. The summed E-state index contributed by atoms with van der Waals surface area (Å²) in [5, 5.41) is 19.1. The number of rotatable bonds is 4. The molecule has 0 bridgehead atoms. The Bertz CT molecular complexity index is 667. The number of hydrogen-bond acceptors (Lipinski definition) is 5. The predicted octanol–water partition coefficient (Wildman–Crippen LogP) is -0.474. The number of aryl methyl sites for hydroxylation is 1. The summed E-state index contributed by atoms with van der Waals surface area (Å²) in [4.78, 5) is 15.9. The molecule has 0 fully saturated rings. The summed E-state index contributed by atoms with van der Waals surface area (Å²) in [5.74, 6) is 5.79. The van der Waals surface area contributed by atoms with E-state index in [9.17, 15) is 4.79 Å². The number of nitrogens with zero attached hydrogens (tertiary/aromatic N) is 4. The van der Waals surface area contributed by atoms with Crippen molar-refractivity contribution < 1.29 is 9.90 Å². The molecule has 0 atom stereocenters. The Kier molecular flexibility index (Phi) is 5.01. The maximum absolute atomic E-state index is 11.9. The van der Waals surface area contributed by atoms with Crippen LogP contribution in [0.2, 0.25) is 0 Å². The highest BCUT2D eigenvalue weighted by Crippen LogP contribution is 1.99. The van der Waals surface area contributed by atoms with Crippen molar-refractivity contribution in [2.45, 2.75) is 6.42 Å². The summed E-state index contributed by atoms with van der Waals surface area (Å²) in [6, 6.07) is 3.28. The summed E-state index contributed by atoms with van der Waals surface area (Å²) in [7, 11) is 1.85. The second-order valence-electron chi connectivity index (χ2n) is 4.26. The van der Waals surface area contributed by atoms with E-state index in [0.717, 1.165) is 5.82 Å². The maximum Gasteiger partial charge on any atom is 0.269 e. The molecule has 108 valence electrons. The van der Waals surface area contributed by atoms with E-state index < -0.39 is 0 Å². The van der Waals surface area contributed by atoms with Crippen LogP contribution in [-0.4, -0.2) is 43.9 Å². The van der Waals surface area contributed by atoms with Gasteiger partial charge in [0.05, 0.1) is 0 Å². The molecule has 21 heavy (non-hydrogen) atoms. The molecule has 2 heterocycles. The van der Waals surface area contributed by atoms with Gasteiger partial charge in [0.25, 0.3) is 5.91 Å². The van der Waals surface area contributed by atoms with Crippen molar-refractivity contribution in [3.8, 4) is 11.8 Å². The van der Waals surface area contributed by atoms with Gasteiger partial charge in [-0.25, -0.2) is 4.98 Å². The molecule has 0 aromatic carbocycles. The van der Waals surface area contributed by atoms with Gasteiger partial charge in [-0.3, -0.25) is 4.79 Å². The van der Waals surface area contributed by atoms with Crippen molar-refractivity contribution in [3.63, 3.8) is 0 Å². The smallest absolute Gasteiger partial charge is 0.269 e. The lowest BCUT2D eigenvalue weighted by Gasteiger charge is -2.04. The van der Waals surface area contributed by atoms with Crippen LogP contribution in [0.3, 0.4) is 0 Å². The highest BCUT2D eigenvalue weighted by molar-refractivity contribution is 5.92. The summed E-state index contributed by atoms with van der Waals surface area (Å²) < 4.78 is 1.80. The van der Waals surface area contributed by atoms with Crippen LogP contribution in [0.1, 0.15) is 21.9 Å². The van der Waals surface area contributed by atoms with Gasteiger partial charge in [0.1, 0.15) is 24.5 Å². The van der Waals surface area contributed by atoms with Crippen LogP contribution in [0.4, 0.5) is 0 Å². The van der Waals surface area contributed by atoms with Crippen molar-refractivity contribution in [1.82, 2.24) is 25.1 Å². The number of nitrogens with one attached hydrogen (secondary N) is 1. The number of aliphatic hydroxyl groups is 1. The Balaban J connectivity index is 1.87. The molecular weight excluding hydrogens is 270 g/mol. The van der Waals surface area contributed by atoms with Crippen LogP contribution in [0.5, 0.6) is 0 Å². The Morgan fingerprint density at radius 2 is 2.33 bits per heavy atom. The first-order valence-corrected chi connectivity index (χ1v) is 6.37. The van der Waals surface area contributed by atoms with Gasteiger partial charge in [-0.05, 0) is 12.1 Å². The average Bonchev–Trinajstić information content (AvgIpc) is 2.91. The molecule has 0 spiro atoms. The van der Waals surface area contributed by atoms with Crippen molar-refractivity contribution >= 4 is 5.91 Å². The van der Waals surface area contributed by atoms with Gasteiger partial charge in [-0.1, -0.05) is 11.8 Å². The molecule has 0 aliphatic rings. The number of hydrogen-bond donors (Lipinski definition) is 2. The molecule has 0 radical (unpaired) electrons. The normalized spacial score (nSPS) is 9.81. The third kappa shape index (κ3) is 4.12. The Morgan fingerprint density at radius 3 is 2.95 bits per heavy atom. The fourth-order valence-corrected chi connectivity index (χ4v) is 1.66. The maximum atomic E-state index is 11.9. The Labute approximate surface area is 122 Å². The molecule has 0 saturated carbocycles. The topological polar surface area (TPSA) is 92.9 Å². The standard InChI is InChI=1S/C14H15N5O2/c1-19-10-17-18-13(19)6-7-15-14(21)12-5-4-11(9-16-12)3-2-8-20/h4-5,9-10,20H,6-8H2,1H3,(H,15,21). The van der Waals surface area contributed by atoms with E-state index in [0.29, 0.717) is 24.2 Å². The van der Waals surface area contributed by atoms with E-state index in [1.54, 1.807) is 23.0 Å². The first kappa shape index (κ1) is 14.7. The monoisotopic (exact) mass is 285 g/mol. The molecule has 1 amide bonds. The highest BCUT2D eigenvalue weighted by Gasteiger charge is 2.07. The first-order valence-electron chi connectivity index (χ1n) is 6.37. The molecule has 2 N–H and O–H groups in total. The second kappa shape index (κ2) is 7.17. The molecule has 0 unspecified atom stereocenters. The van der Waals surface area contributed by atoms with Gasteiger partial charge in [-0.2, -0.15) is 0 Å². The van der Waals surface area contributed by atoms with Crippen molar-refractivity contribution in [2.75, 3.05) is 13.2 Å². The van der Waals surface area contributed by atoms with Gasteiger partial charge >= 0.3 is 0 Å². The van der Waals surface area contributed by atoms with Gasteiger partial charge in [0, 0.05) is 31.8 Å². The SMILES string of the molecule is Cn1cnnc1CCNC(=O)c1ccc(C#CCO)cn1. The van der Waals surface area contributed by atoms with E-state index in [-0.39, 0.29) is 12.5 Å². The molecule has 2 rings (SSSR count). The number of carbonyl (C=O) groups is 1. The summed E-state index contributed by atoms with van der Waals surface area (Å²) >= 11 is 0. The fourth-order valence-electron chi connectivity index (χ4n) is 1.66. The van der Waals surface area contributed by atoms with E-state index in [4.69, 9.17) is 5.11 Å². The average molecular weight is 285 g/mol. The molecule has 0 aliphatic carbocycles. The number of amides is 1. The number of aromatic nitrogens is 4. The largest absolute Gasteiger partial charge is 0.384 e. The molecule has 0 aliphatic heterocycles. The molecule has 7 heteroatoms. The minimum absolute atomic E-state index is 0.204. The Morgan fingerprint density at radius 1 is 1.48 bits per heavy atom. The van der Waals surface area contributed by atoms with E-state index >= 15 is 0 Å². The van der Waals surface area contributed by atoms with Crippen molar-refractivity contribution in [2.24, 2.45) is 7.05 Å². The van der Waals surface area contributed by atoms with Gasteiger partial charge in [-0.15, -0.1) is 10.2 Å². The zero-order valence-electron chi connectivity index (χ0n) is 11.6. The first-order chi connectivity index (χ1) is 10.2.